The molecule has 0 atom stereocenters. The van der Waals surface area contributed by atoms with Gasteiger partial charge in [-0.1, -0.05) is 12.1 Å². The van der Waals surface area contributed by atoms with Crippen LogP contribution in [0.4, 0.5) is 5.69 Å². The molecular weight excluding hydrogens is 336 g/mol. The van der Waals surface area contributed by atoms with Crippen molar-refractivity contribution in [2.45, 2.75) is 45.4 Å². The lowest BCUT2D eigenvalue weighted by Gasteiger charge is -2.50. The molecule has 0 aliphatic heterocycles. The molecule has 5 nitrogen and oxygen atoms in total. The van der Waals surface area contributed by atoms with Crippen molar-refractivity contribution < 1.29 is 4.74 Å². The van der Waals surface area contributed by atoms with E-state index in [2.05, 4.69) is 45.6 Å². The zero-order valence-corrected chi connectivity index (χ0v) is 15.9. The highest BCUT2D eigenvalue weighted by atomic mass is 16.5. The van der Waals surface area contributed by atoms with Crippen LogP contribution in [0.5, 0.6) is 6.01 Å². The number of anilines is 1. The summed E-state index contributed by atoms with van der Waals surface area (Å²) < 4.78 is 5.31. The Labute approximate surface area is 160 Å². The normalized spacial score (nSPS) is 26.4. The fourth-order valence-electron chi connectivity index (χ4n) is 4.46. The first kappa shape index (κ1) is 17.8. The van der Waals surface area contributed by atoms with Gasteiger partial charge in [-0.15, -0.1) is 0 Å². The van der Waals surface area contributed by atoms with Gasteiger partial charge in [-0.05, 0) is 68.6 Å². The average Bonchev–Trinajstić information content (AvgIpc) is 2.75. The summed E-state index contributed by atoms with van der Waals surface area (Å²) in [6.45, 7) is 3.47. The van der Waals surface area contributed by atoms with Crippen LogP contribution in [0.1, 0.15) is 45.4 Å². The molecular formula is C22H26N4O. The first-order chi connectivity index (χ1) is 13.2. The minimum Gasteiger partial charge on any atom is -0.464 e. The maximum absolute atomic E-state index is 9.46. The van der Waals surface area contributed by atoms with E-state index in [1.54, 1.807) is 12.4 Å². The molecule has 0 amide bonds. The Kier molecular flexibility index (Phi) is 4.73. The van der Waals surface area contributed by atoms with Crippen LogP contribution in [0.15, 0.2) is 36.7 Å². The lowest BCUT2D eigenvalue weighted by Crippen LogP contribution is -2.44. The van der Waals surface area contributed by atoms with Crippen molar-refractivity contribution in [3.63, 3.8) is 0 Å². The van der Waals surface area contributed by atoms with E-state index in [4.69, 9.17) is 4.74 Å². The third-order valence-electron chi connectivity index (χ3n) is 6.40. The second kappa shape index (κ2) is 7.19. The summed E-state index contributed by atoms with van der Waals surface area (Å²) in [6, 6.07) is 11.4. The summed E-state index contributed by atoms with van der Waals surface area (Å²) in [5.41, 5.74) is 3.54. The van der Waals surface area contributed by atoms with Gasteiger partial charge >= 0.3 is 6.01 Å². The van der Waals surface area contributed by atoms with Gasteiger partial charge in [0.15, 0.2) is 0 Å². The van der Waals surface area contributed by atoms with E-state index in [0.29, 0.717) is 18.0 Å². The molecule has 1 aromatic carbocycles. The van der Waals surface area contributed by atoms with Gasteiger partial charge in [0.25, 0.3) is 0 Å². The maximum atomic E-state index is 9.46. The van der Waals surface area contributed by atoms with Crippen molar-refractivity contribution in [1.29, 1.82) is 5.26 Å². The molecule has 27 heavy (non-hydrogen) atoms. The minimum absolute atomic E-state index is 0.0185. The lowest BCUT2D eigenvalue weighted by atomic mass is 9.54. The summed E-state index contributed by atoms with van der Waals surface area (Å²) in [7, 11) is 0. The van der Waals surface area contributed by atoms with Gasteiger partial charge < -0.3 is 10.1 Å². The highest BCUT2D eigenvalue weighted by molar-refractivity contribution is 5.66. The van der Waals surface area contributed by atoms with Gasteiger partial charge in [0, 0.05) is 30.2 Å². The minimum atomic E-state index is -0.0185. The molecule has 2 aromatic rings. The molecule has 0 saturated heterocycles. The number of nitrogens with zero attached hydrogens (tertiary/aromatic N) is 3. The van der Waals surface area contributed by atoms with Gasteiger partial charge in [0.2, 0.25) is 0 Å². The standard InChI is InChI=1S/C22H26N4O/c1-2-27-20-24-13-18(14-25-20)17-4-3-5-19(12-17)26-16-22-9-6-21(15-23,7-10-22)8-11-22/h3-5,12-14,26H,2,6-11,16H2,1H3. The molecule has 3 aliphatic rings. The van der Waals surface area contributed by atoms with Gasteiger partial charge in [-0.2, -0.15) is 5.26 Å². The number of rotatable bonds is 6. The molecule has 5 heteroatoms. The third-order valence-corrected chi connectivity index (χ3v) is 6.40. The highest BCUT2D eigenvalue weighted by Gasteiger charge is 2.48. The van der Waals surface area contributed by atoms with E-state index in [-0.39, 0.29) is 5.41 Å². The zero-order valence-electron chi connectivity index (χ0n) is 15.9. The van der Waals surface area contributed by atoms with Crippen molar-refractivity contribution in [3.8, 4) is 23.2 Å². The molecule has 0 unspecified atom stereocenters. The largest absolute Gasteiger partial charge is 0.464 e. The van der Waals surface area contributed by atoms with Crippen LogP contribution in [0, 0.1) is 22.2 Å². The summed E-state index contributed by atoms with van der Waals surface area (Å²) >= 11 is 0. The Morgan fingerprint density at radius 2 is 1.78 bits per heavy atom. The van der Waals surface area contributed by atoms with Gasteiger partial charge in [0.1, 0.15) is 0 Å². The van der Waals surface area contributed by atoms with Crippen molar-refractivity contribution in [2.24, 2.45) is 10.8 Å². The van der Waals surface area contributed by atoms with Crippen molar-refractivity contribution in [2.75, 3.05) is 18.5 Å². The van der Waals surface area contributed by atoms with Crippen LogP contribution in [0.25, 0.3) is 11.1 Å². The summed E-state index contributed by atoms with van der Waals surface area (Å²) in [4.78, 5) is 8.52. The van der Waals surface area contributed by atoms with Gasteiger partial charge in [0.05, 0.1) is 18.1 Å². The molecule has 3 aliphatic carbocycles. The van der Waals surface area contributed by atoms with Crippen LogP contribution in [-0.4, -0.2) is 23.1 Å². The Bertz CT molecular complexity index is 816. The third kappa shape index (κ3) is 3.62. The van der Waals surface area contributed by atoms with E-state index in [1.165, 1.54) is 19.3 Å². The molecule has 1 aromatic heterocycles. The molecule has 2 bridgehead atoms. The van der Waals surface area contributed by atoms with Crippen LogP contribution in [0.2, 0.25) is 0 Å². The van der Waals surface area contributed by atoms with Crippen molar-refractivity contribution in [3.05, 3.63) is 36.7 Å². The van der Waals surface area contributed by atoms with E-state index < -0.39 is 0 Å². The first-order valence-corrected chi connectivity index (χ1v) is 9.86. The van der Waals surface area contributed by atoms with E-state index in [9.17, 15) is 5.26 Å². The number of nitriles is 1. The van der Waals surface area contributed by atoms with Gasteiger partial charge in [-0.3, -0.25) is 0 Å². The zero-order chi connectivity index (χ0) is 18.7. The smallest absolute Gasteiger partial charge is 0.316 e. The SMILES string of the molecule is CCOc1ncc(-c2cccc(NCC34CCC(C#N)(CC3)CC4)c2)cn1. The number of nitrogens with one attached hydrogen (secondary N) is 1. The number of hydrogen-bond acceptors (Lipinski definition) is 5. The van der Waals surface area contributed by atoms with Crippen LogP contribution in [-0.2, 0) is 0 Å². The summed E-state index contributed by atoms with van der Waals surface area (Å²) in [6.07, 6.45) is 10.3. The average molecular weight is 362 g/mol. The maximum Gasteiger partial charge on any atom is 0.316 e. The predicted octanol–water partition coefficient (Wildman–Crippen LogP) is 4.82. The molecule has 1 N–H and O–H groups in total. The predicted molar refractivity (Wildman–Crippen MR) is 105 cm³/mol. The van der Waals surface area contributed by atoms with E-state index >= 15 is 0 Å². The van der Waals surface area contributed by atoms with Crippen molar-refractivity contribution in [1.82, 2.24) is 9.97 Å². The number of ether oxygens (including phenoxy) is 1. The second-order valence-electron chi connectivity index (χ2n) is 8.01. The summed E-state index contributed by atoms with van der Waals surface area (Å²) in [5, 5.41) is 13.1. The van der Waals surface area contributed by atoms with Crippen LogP contribution in [0.3, 0.4) is 0 Å². The molecule has 1 heterocycles. The molecule has 140 valence electrons. The molecule has 5 rings (SSSR count). The Morgan fingerprint density at radius 3 is 2.41 bits per heavy atom. The lowest BCUT2D eigenvalue weighted by molar-refractivity contribution is 0.0363. The molecule has 3 fully saturated rings. The quantitative estimate of drug-likeness (QED) is 0.798. The Balaban J connectivity index is 1.42. The summed E-state index contributed by atoms with van der Waals surface area (Å²) in [5.74, 6) is 0. The second-order valence-corrected chi connectivity index (χ2v) is 8.01. The first-order valence-electron chi connectivity index (χ1n) is 9.86. The molecule has 0 radical (unpaired) electrons. The van der Waals surface area contributed by atoms with E-state index in [1.807, 2.05) is 6.92 Å². The molecule has 3 saturated carbocycles. The Morgan fingerprint density at radius 1 is 1.07 bits per heavy atom. The van der Waals surface area contributed by atoms with Gasteiger partial charge in [-0.25, -0.2) is 9.97 Å². The van der Waals surface area contributed by atoms with Crippen molar-refractivity contribution >= 4 is 5.69 Å². The van der Waals surface area contributed by atoms with E-state index in [0.717, 1.165) is 42.6 Å². The highest BCUT2D eigenvalue weighted by Crippen LogP contribution is 2.56. The van der Waals surface area contributed by atoms with Crippen LogP contribution < -0.4 is 10.1 Å². The Hall–Kier alpha value is -2.61. The monoisotopic (exact) mass is 362 g/mol. The fraction of sp³-hybridized carbons (Fsp3) is 0.500. The van der Waals surface area contributed by atoms with Crippen LogP contribution >= 0.6 is 0 Å². The number of aromatic nitrogens is 2. The number of hydrogen-bond donors (Lipinski definition) is 1. The topological polar surface area (TPSA) is 70.8 Å². The number of benzene rings is 1. The fourth-order valence-corrected chi connectivity index (χ4v) is 4.46. The molecule has 0 spiro atoms. The number of fused-ring (bicyclic) bond motifs is 3.